The molecule has 0 bridgehead atoms. The normalized spacial score (nSPS) is 11.8. The molecule has 4 aromatic carbocycles. The van der Waals surface area contributed by atoms with Gasteiger partial charge in [0.2, 0.25) is 0 Å². The van der Waals surface area contributed by atoms with Crippen LogP contribution in [0.1, 0.15) is 21.5 Å². The molecule has 7 nitrogen and oxygen atoms in total. The average molecular weight is 587 g/mol. The molecule has 0 aromatic heterocycles. The molecule has 208 valence electrons. The van der Waals surface area contributed by atoms with E-state index in [1.54, 1.807) is 36.4 Å². The fourth-order valence-electron chi connectivity index (χ4n) is 3.66. The SMILES string of the molecule is O=C(NC(CSCc1ccccc1)C(=O)O)C(=Cc1ccc(Oc2ccccc2)cc1)NC(=O)c1ccc(Cl)cc1. The van der Waals surface area contributed by atoms with Gasteiger partial charge in [-0.2, -0.15) is 11.8 Å². The second-order valence-corrected chi connectivity index (χ2v) is 10.3. The van der Waals surface area contributed by atoms with Crippen LogP contribution in [0.25, 0.3) is 6.08 Å². The molecule has 0 saturated carbocycles. The van der Waals surface area contributed by atoms with Crippen LogP contribution >= 0.6 is 23.4 Å². The molecule has 0 fully saturated rings. The standard InChI is InChI=1S/C32H27ClN2O5S/c33-25-15-13-24(14-16-25)30(36)34-28(19-22-11-17-27(18-12-22)40-26-9-5-2-6-10-26)31(37)35-29(32(38)39)21-41-20-23-7-3-1-4-8-23/h1-19,29H,20-21H2,(H,34,36)(H,35,37)(H,38,39). The fourth-order valence-corrected chi connectivity index (χ4v) is 4.79. The largest absolute Gasteiger partial charge is 0.480 e. The van der Waals surface area contributed by atoms with Gasteiger partial charge in [0.1, 0.15) is 23.2 Å². The number of benzene rings is 4. The quantitative estimate of drug-likeness (QED) is 0.166. The third-order valence-electron chi connectivity index (χ3n) is 5.77. The van der Waals surface area contributed by atoms with E-state index in [1.807, 2.05) is 60.7 Å². The molecule has 9 heteroatoms. The highest BCUT2D eigenvalue weighted by Crippen LogP contribution is 2.22. The molecule has 41 heavy (non-hydrogen) atoms. The molecule has 0 saturated heterocycles. The first-order valence-electron chi connectivity index (χ1n) is 12.6. The highest BCUT2D eigenvalue weighted by molar-refractivity contribution is 7.98. The molecule has 1 atom stereocenters. The number of amides is 2. The lowest BCUT2D eigenvalue weighted by atomic mass is 10.1. The molecule has 0 radical (unpaired) electrons. The lowest BCUT2D eigenvalue weighted by Gasteiger charge is -2.17. The number of hydrogen-bond acceptors (Lipinski definition) is 5. The molecule has 2 amide bonds. The summed E-state index contributed by atoms with van der Waals surface area (Å²) in [7, 11) is 0. The number of para-hydroxylation sites is 1. The van der Waals surface area contributed by atoms with Crippen molar-refractivity contribution < 1.29 is 24.2 Å². The van der Waals surface area contributed by atoms with Crippen LogP contribution in [0.4, 0.5) is 0 Å². The van der Waals surface area contributed by atoms with Gasteiger partial charge in [0.05, 0.1) is 0 Å². The maximum absolute atomic E-state index is 13.3. The second-order valence-electron chi connectivity index (χ2n) is 8.87. The number of halogens is 1. The smallest absolute Gasteiger partial charge is 0.327 e. The molecular weight excluding hydrogens is 560 g/mol. The molecular formula is C32H27ClN2O5S. The van der Waals surface area contributed by atoms with E-state index >= 15 is 0 Å². The Balaban J connectivity index is 1.51. The summed E-state index contributed by atoms with van der Waals surface area (Å²) >= 11 is 7.32. The van der Waals surface area contributed by atoms with Crippen LogP contribution in [0.2, 0.25) is 5.02 Å². The predicted octanol–water partition coefficient (Wildman–Crippen LogP) is 6.41. The van der Waals surface area contributed by atoms with Gasteiger partial charge < -0.3 is 20.5 Å². The minimum Gasteiger partial charge on any atom is -0.480 e. The van der Waals surface area contributed by atoms with E-state index in [9.17, 15) is 19.5 Å². The third kappa shape index (κ3) is 9.27. The summed E-state index contributed by atoms with van der Waals surface area (Å²) in [5.74, 6) is -0.457. The Morgan fingerprint density at radius 2 is 1.44 bits per heavy atom. The lowest BCUT2D eigenvalue weighted by Crippen LogP contribution is -2.45. The Morgan fingerprint density at radius 3 is 2.07 bits per heavy atom. The van der Waals surface area contributed by atoms with Gasteiger partial charge in [0.25, 0.3) is 11.8 Å². The van der Waals surface area contributed by atoms with E-state index < -0.39 is 23.8 Å². The molecule has 0 heterocycles. The zero-order chi connectivity index (χ0) is 29.0. The molecule has 0 aliphatic rings. The van der Waals surface area contributed by atoms with Gasteiger partial charge in [0.15, 0.2) is 0 Å². The predicted molar refractivity (Wildman–Crippen MR) is 162 cm³/mol. The summed E-state index contributed by atoms with van der Waals surface area (Å²) < 4.78 is 5.82. The Bertz CT molecular complexity index is 1500. The number of carbonyl (C=O) groups is 3. The van der Waals surface area contributed by atoms with Gasteiger partial charge in [-0.25, -0.2) is 4.79 Å². The molecule has 4 rings (SSSR count). The molecule has 0 aliphatic heterocycles. The maximum atomic E-state index is 13.3. The van der Waals surface area contributed by atoms with E-state index in [1.165, 1.54) is 30.0 Å². The highest BCUT2D eigenvalue weighted by atomic mass is 35.5. The van der Waals surface area contributed by atoms with Gasteiger partial charge >= 0.3 is 5.97 Å². The van der Waals surface area contributed by atoms with Crippen molar-refractivity contribution in [1.82, 2.24) is 10.6 Å². The minimum absolute atomic E-state index is 0.110. The average Bonchev–Trinajstić information content (AvgIpc) is 2.98. The third-order valence-corrected chi connectivity index (χ3v) is 7.13. The molecule has 3 N–H and O–H groups in total. The molecule has 0 spiro atoms. The number of thioether (sulfide) groups is 1. The number of ether oxygens (including phenoxy) is 1. The summed E-state index contributed by atoms with van der Waals surface area (Å²) in [5.41, 5.74) is 1.81. The van der Waals surface area contributed by atoms with Crippen LogP contribution in [0.15, 0.2) is 115 Å². The van der Waals surface area contributed by atoms with Gasteiger partial charge in [-0.05, 0) is 65.7 Å². The van der Waals surface area contributed by atoms with Crippen LogP contribution in [0, 0.1) is 0 Å². The van der Waals surface area contributed by atoms with Crippen LogP contribution < -0.4 is 15.4 Å². The number of aliphatic carboxylic acids is 1. The fraction of sp³-hybridized carbons (Fsp3) is 0.0938. The minimum atomic E-state index is -1.18. The Kier molecular flexibility index (Phi) is 10.6. The van der Waals surface area contributed by atoms with Gasteiger partial charge in [-0.1, -0.05) is 72.3 Å². The van der Waals surface area contributed by atoms with Crippen molar-refractivity contribution in [3.05, 3.63) is 137 Å². The first-order chi connectivity index (χ1) is 19.9. The van der Waals surface area contributed by atoms with Crippen molar-refractivity contribution in [3.8, 4) is 11.5 Å². The number of carboxylic acids is 1. The van der Waals surface area contributed by atoms with Crippen LogP contribution in [-0.2, 0) is 15.3 Å². The number of nitrogens with one attached hydrogen (secondary N) is 2. The monoisotopic (exact) mass is 586 g/mol. The summed E-state index contributed by atoms with van der Waals surface area (Å²) in [6.45, 7) is 0. The number of rotatable bonds is 12. The zero-order valence-corrected chi connectivity index (χ0v) is 23.4. The van der Waals surface area contributed by atoms with E-state index in [4.69, 9.17) is 16.3 Å². The second kappa shape index (κ2) is 14.7. The van der Waals surface area contributed by atoms with Crippen LogP contribution in [-0.4, -0.2) is 34.7 Å². The number of carboxylic acid groups (broad SMARTS) is 1. The van der Waals surface area contributed by atoms with E-state index in [0.29, 0.717) is 27.8 Å². The summed E-state index contributed by atoms with van der Waals surface area (Å²) in [6, 6.07) is 30.9. The molecule has 4 aromatic rings. The van der Waals surface area contributed by atoms with Gasteiger partial charge in [0, 0.05) is 22.1 Å². The zero-order valence-electron chi connectivity index (χ0n) is 21.8. The van der Waals surface area contributed by atoms with E-state index in [2.05, 4.69) is 10.6 Å². The number of hydrogen-bond donors (Lipinski definition) is 3. The first-order valence-corrected chi connectivity index (χ1v) is 14.2. The van der Waals surface area contributed by atoms with Crippen molar-refractivity contribution in [1.29, 1.82) is 0 Å². The van der Waals surface area contributed by atoms with E-state index in [0.717, 1.165) is 5.56 Å². The van der Waals surface area contributed by atoms with Gasteiger partial charge in [-0.3, -0.25) is 9.59 Å². The molecule has 0 aliphatic carbocycles. The van der Waals surface area contributed by atoms with Crippen molar-refractivity contribution >= 4 is 47.2 Å². The molecule has 1 unspecified atom stereocenters. The number of carbonyl (C=O) groups excluding carboxylic acids is 2. The Morgan fingerprint density at radius 1 is 0.829 bits per heavy atom. The van der Waals surface area contributed by atoms with E-state index in [-0.39, 0.29) is 17.0 Å². The van der Waals surface area contributed by atoms with Crippen molar-refractivity contribution in [2.24, 2.45) is 0 Å². The lowest BCUT2D eigenvalue weighted by molar-refractivity contribution is -0.140. The first kappa shape index (κ1) is 29.5. The summed E-state index contributed by atoms with van der Waals surface area (Å²) in [6.07, 6.45) is 1.48. The summed E-state index contributed by atoms with van der Waals surface area (Å²) in [4.78, 5) is 38.2. The van der Waals surface area contributed by atoms with Crippen LogP contribution in [0.3, 0.4) is 0 Å². The highest BCUT2D eigenvalue weighted by Gasteiger charge is 2.23. The van der Waals surface area contributed by atoms with Crippen molar-refractivity contribution in [2.75, 3.05) is 5.75 Å². The van der Waals surface area contributed by atoms with Crippen molar-refractivity contribution in [3.63, 3.8) is 0 Å². The summed E-state index contributed by atoms with van der Waals surface area (Å²) in [5, 5.41) is 15.4. The maximum Gasteiger partial charge on any atom is 0.327 e. The van der Waals surface area contributed by atoms with Gasteiger partial charge in [-0.15, -0.1) is 0 Å². The Labute approximate surface area is 247 Å². The topological polar surface area (TPSA) is 105 Å². The van der Waals surface area contributed by atoms with Crippen molar-refractivity contribution in [2.45, 2.75) is 11.8 Å². The van der Waals surface area contributed by atoms with Crippen LogP contribution in [0.5, 0.6) is 11.5 Å². The Hall–Kier alpha value is -4.53.